The van der Waals surface area contributed by atoms with Crippen LogP contribution in [0.15, 0.2) is 0 Å². The normalized spacial score (nSPS) is 15.0. The first-order valence-corrected chi connectivity index (χ1v) is 3.89. The Morgan fingerprint density at radius 1 is 1.71 bits per heavy atom. The van der Waals surface area contributed by atoms with E-state index in [4.69, 9.17) is 5.50 Å². The van der Waals surface area contributed by atoms with Crippen molar-refractivity contribution in [3.05, 3.63) is 0 Å². The molecule has 7 heavy (non-hydrogen) atoms. The highest BCUT2D eigenvalue weighted by atomic mass is 31.1. The van der Waals surface area contributed by atoms with Gasteiger partial charge in [0.15, 0.2) is 0 Å². The average Bonchev–Trinajstić information content (AvgIpc) is 1.65. The van der Waals surface area contributed by atoms with Crippen LogP contribution in [-0.2, 0) is 0 Å². The summed E-state index contributed by atoms with van der Waals surface area (Å²) in [6.07, 6.45) is 0. The summed E-state index contributed by atoms with van der Waals surface area (Å²) in [6.45, 7) is 1.98. The van der Waals surface area contributed by atoms with Crippen LogP contribution in [0.2, 0.25) is 0 Å². The third-order valence-corrected chi connectivity index (χ3v) is 1.94. The number of rotatable bonds is 2. The van der Waals surface area contributed by atoms with E-state index in [1.807, 2.05) is 25.5 Å². The van der Waals surface area contributed by atoms with E-state index in [0.717, 1.165) is 0 Å². The zero-order valence-corrected chi connectivity index (χ0v) is 5.87. The Labute approximate surface area is 45.7 Å². The van der Waals surface area contributed by atoms with Crippen molar-refractivity contribution < 1.29 is 0 Å². The van der Waals surface area contributed by atoms with Gasteiger partial charge in [0.25, 0.3) is 0 Å². The van der Waals surface area contributed by atoms with Gasteiger partial charge in [-0.15, -0.1) is 0 Å². The van der Waals surface area contributed by atoms with Gasteiger partial charge in [-0.2, -0.15) is 0 Å². The number of hydrogen-bond acceptors (Lipinski definition) is 3. The van der Waals surface area contributed by atoms with Gasteiger partial charge >= 0.3 is 0 Å². The lowest BCUT2D eigenvalue weighted by molar-refractivity contribution is 0.449. The summed E-state index contributed by atoms with van der Waals surface area (Å²) in [5.41, 5.74) is 8.38. The van der Waals surface area contributed by atoms with E-state index < -0.39 is 8.22 Å². The summed E-state index contributed by atoms with van der Waals surface area (Å²) in [5.74, 6) is 0. The van der Waals surface area contributed by atoms with Gasteiger partial charge in [-0.3, -0.25) is 10.9 Å². The number of nitrogens with one attached hydrogen (secondary N) is 1. The minimum atomic E-state index is -0.440. The second-order valence-electron chi connectivity index (χ2n) is 1.32. The van der Waals surface area contributed by atoms with Gasteiger partial charge in [0.2, 0.25) is 0 Å². The summed E-state index contributed by atoms with van der Waals surface area (Å²) >= 11 is 0. The summed E-state index contributed by atoms with van der Waals surface area (Å²) in [4.78, 5) is 0. The van der Waals surface area contributed by atoms with Crippen LogP contribution in [0.1, 0.15) is 0 Å². The maximum absolute atomic E-state index is 5.47. The van der Waals surface area contributed by atoms with E-state index in [2.05, 4.69) is 5.43 Å². The molecular weight excluding hydrogens is 109 g/mol. The number of nitrogens with two attached hydrogens (primary N) is 1. The molecule has 0 rings (SSSR count). The quantitative estimate of drug-likeness (QED) is 0.397. The van der Waals surface area contributed by atoms with E-state index in [1.54, 1.807) is 0 Å². The molecule has 0 saturated heterocycles. The zero-order valence-electron chi connectivity index (χ0n) is 4.97. The van der Waals surface area contributed by atoms with Crippen molar-refractivity contribution in [2.75, 3.05) is 20.8 Å². The molecule has 0 aliphatic carbocycles. The molecule has 0 amide bonds. The second kappa shape index (κ2) is 3.33. The summed E-state index contributed by atoms with van der Waals surface area (Å²) in [5, 5.41) is 0. The van der Waals surface area contributed by atoms with Crippen molar-refractivity contribution in [2.45, 2.75) is 0 Å². The Morgan fingerprint density at radius 2 is 2.14 bits per heavy atom. The van der Waals surface area contributed by atoms with Crippen molar-refractivity contribution in [2.24, 2.45) is 5.50 Å². The molecule has 3 nitrogen and oxygen atoms in total. The molecule has 3 N–H and O–H groups in total. The minimum absolute atomic E-state index is 0.440. The Hall–Kier alpha value is 0.310. The number of nitrogens with zero attached hydrogens (tertiary/aromatic N) is 1. The van der Waals surface area contributed by atoms with Crippen LogP contribution in [0.4, 0.5) is 0 Å². The molecule has 0 aromatic rings. The first-order chi connectivity index (χ1) is 3.18. The molecule has 0 aliphatic rings. The largest absolute Gasteiger partial charge is 0.297 e. The summed E-state index contributed by atoms with van der Waals surface area (Å²) in [7, 11) is 3.34. The van der Waals surface area contributed by atoms with Gasteiger partial charge in [0, 0.05) is 15.3 Å². The van der Waals surface area contributed by atoms with Gasteiger partial charge in [-0.05, 0) is 13.7 Å². The van der Waals surface area contributed by atoms with Crippen molar-refractivity contribution in [1.82, 2.24) is 10.2 Å². The molecule has 0 saturated carbocycles. The molecule has 0 radical (unpaired) electrons. The molecule has 0 aromatic carbocycles. The molecule has 0 aliphatic heterocycles. The highest BCUT2D eigenvalue weighted by molar-refractivity contribution is 7.51. The van der Waals surface area contributed by atoms with Crippen LogP contribution in [0.3, 0.4) is 0 Å². The van der Waals surface area contributed by atoms with Crippen molar-refractivity contribution in [3.63, 3.8) is 0 Å². The Bertz CT molecular complexity index is 47.4. The van der Waals surface area contributed by atoms with Crippen LogP contribution >= 0.6 is 8.22 Å². The highest BCUT2D eigenvalue weighted by Crippen LogP contribution is 2.19. The first-order valence-electron chi connectivity index (χ1n) is 2.08. The fourth-order valence-corrected chi connectivity index (χ4v) is 0.473. The molecule has 0 fully saturated rings. The molecule has 1 unspecified atom stereocenters. The lowest BCUT2D eigenvalue weighted by Crippen LogP contribution is -2.27. The van der Waals surface area contributed by atoms with Crippen LogP contribution < -0.4 is 10.9 Å². The van der Waals surface area contributed by atoms with Crippen molar-refractivity contribution >= 4 is 8.22 Å². The fourth-order valence-electron chi connectivity index (χ4n) is 0.158. The lowest BCUT2D eigenvalue weighted by atomic mass is 11.4. The predicted molar refractivity (Wildman–Crippen MR) is 33.9 cm³/mol. The topological polar surface area (TPSA) is 41.3 Å². The van der Waals surface area contributed by atoms with Gasteiger partial charge in [0.1, 0.15) is 0 Å². The zero-order chi connectivity index (χ0) is 5.86. The monoisotopic (exact) mass is 121 g/mol. The molecular formula is C3H12N3P. The molecule has 4 heteroatoms. The molecule has 0 heterocycles. The lowest BCUT2D eigenvalue weighted by Gasteiger charge is -2.17. The third kappa shape index (κ3) is 2.94. The van der Waals surface area contributed by atoms with Crippen LogP contribution in [0.5, 0.6) is 0 Å². The summed E-state index contributed by atoms with van der Waals surface area (Å²) in [6, 6.07) is 0. The van der Waals surface area contributed by atoms with E-state index in [0.29, 0.717) is 0 Å². The average molecular weight is 121 g/mol. The minimum Gasteiger partial charge on any atom is -0.297 e. The van der Waals surface area contributed by atoms with Crippen LogP contribution in [0, 0.1) is 0 Å². The van der Waals surface area contributed by atoms with E-state index in [-0.39, 0.29) is 0 Å². The molecule has 44 valence electrons. The van der Waals surface area contributed by atoms with Gasteiger partial charge < -0.3 is 0 Å². The van der Waals surface area contributed by atoms with Crippen molar-refractivity contribution in [1.29, 1.82) is 0 Å². The number of hydrogen-bond donors (Lipinski definition) is 2. The van der Waals surface area contributed by atoms with Crippen molar-refractivity contribution in [3.8, 4) is 0 Å². The Balaban J connectivity index is 3.14. The van der Waals surface area contributed by atoms with Crippen LogP contribution in [-0.4, -0.2) is 25.5 Å². The SMILES string of the molecule is CNN(C)P(C)N. The molecule has 0 spiro atoms. The van der Waals surface area contributed by atoms with Gasteiger partial charge in [0.05, 0.1) is 0 Å². The predicted octanol–water partition coefficient (Wildman–Crippen LogP) is -0.0470. The standard InChI is InChI=1S/C3H12N3P/c1-5-6(2)7(3)4/h5H,4H2,1-3H3. The van der Waals surface area contributed by atoms with Gasteiger partial charge in [-0.1, -0.05) is 0 Å². The first kappa shape index (κ1) is 7.31. The van der Waals surface area contributed by atoms with Crippen LogP contribution in [0.25, 0.3) is 0 Å². The maximum atomic E-state index is 5.47. The number of hydrazine groups is 1. The van der Waals surface area contributed by atoms with E-state index in [1.165, 1.54) is 0 Å². The smallest absolute Gasteiger partial charge is 0.0445 e. The van der Waals surface area contributed by atoms with E-state index >= 15 is 0 Å². The van der Waals surface area contributed by atoms with E-state index in [9.17, 15) is 0 Å². The maximum Gasteiger partial charge on any atom is 0.0445 e. The molecule has 0 aromatic heterocycles. The molecule has 0 bridgehead atoms. The molecule has 1 atom stereocenters. The second-order valence-corrected chi connectivity index (χ2v) is 3.07. The third-order valence-electron chi connectivity index (χ3n) is 0.797. The van der Waals surface area contributed by atoms with Gasteiger partial charge in [-0.25, -0.2) is 4.78 Å². The fraction of sp³-hybridized carbons (Fsp3) is 1.00. The highest BCUT2D eigenvalue weighted by Gasteiger charge is 1.95. The Morgan fingerprint density at radius 3 is 2.14 bits per heavy atom. The summed E-state index contributed by atoms with van der Waals surface area (Å²) < 4.78 is 1.88. The Kier molecular flexibility index (Phi) is 3.48.